The molecule has 2 aliphatic rings. The first-order valence-corrected chi connectivity index (χ1v) is 10.2. The van der Waals surface area contributed by atoms with E-state index in [2.05, 4.69) is 29.0 Å². The predicted octanol–water partition coefficient (Wildman–Crippen LogP) is 2.20. The van der Waals surface area contributed by atoms with Gasteiger partial charge in [0.05, 0.1) is 21.3 Å². The standard InChI is InChI=1S/C21H34N4O3/c1-6-22-21(23-17-11-15(17)2)25-9-7-24(8-10-25)14-16-12-18(26-3)20(28-5)19(13-16)27-4/h12-13,15,17H,6-11,14H2,1-5H3,(H,22,23). The molecule has 7 heteroatoms. The number of ether oxygens (including phenoxy) is 3. The Morgan fingerprint density at radius 1 is 1.07 bits per heavy atom. The van der Waals surface area contributed by atoms with Crippen LogP contribution in [-0.2, 0) is 6.54 Å². The monoisotopic (exact) mass is 390 g/mol. The fourth-order valence-electron chi connectivity index (χ4n) is 3.68. The Bertz CT molecular complexity index is 661. The molecule has 2 fully saturated rings. The third-order valence-corrected chi connectivity index (χ3v) is 5.53. The summed E-state index contributed by atoms with van der Waals surface area (Å²) < 4.78 is 16.4. The number of guanidine groups is 1. The molecule has 1 saturated carbocycles. The van der Waals surface area contributed by atoms with E-state index in [1.54, 1.807) is 21.3 Å². The highest BCUT2D eigenvalue weighted by atomic mass is 16.5. The molecule has 1 heterocycles. The number of nitrogens with one attached hydrogen (secondary N) is 1. The lowest BCUT2D eigenvalue weighted by molar-refractivity contribution is 0.172. The summed E-state index contributed by atoms with van der Waals surface area (Å²) in [6.07, 6.45) is 1.25. The summed E-state index contributed by atoms with van der Waals surface area (Å²) in [5, 5.41) is 3.63. The molecule has 2 atom stereocenters. The molecule has 1 N–H and O–H groups in total. The van der Waals surface area contributed by atoms with Crippen LogP contribution in [0.15, 0.2) is 17.1 Å². The summed E-state index contributed by atoms with van der Waals surface area (Å²) in [6.45, 7) is 10.0. The number of benzene rings is 1. The van der Waals surface area contributed by atoms with E-state index < -0.39 is 0 Å². The van der Waals surface area contributed by atoms with Crippen LogP contribution in [0.2, 0.25) is 0 Å². The summed E-state index contributed by atoms with van der Waals surface area (Å²) in [4.78, 5) is 9.55. The molecule has 0 amide bonds. The second-order valence-electron chi connectivity index (χ2n) is 7.56. The van der Waals surface area contributed by atoms with E-state index in [1.165, 1.54) is 6.42 Å². The van der Waals surface area contributed by atoms with Gasteiger partial charge >= 0.3 is 0 Å². The van der Waals surface area contributed by atoms with Crippen LogP contribution in [-0.4, -0.2) is 75.9 Å². The highest BCUT2D eigenvalue weighted by Crippen LogP contribution is 2.38. The number of rotatable bonds is 7. The second-order valence-corrected chi connectivity index (χ2v) is 7.56. The zero-order valence-electron chi connectivity index (χ0n) is 17.8. The lowest BCUT2D eigenvalue weighted by Gasteiger charge is -2.36. The predicted molar refractivity (Wildman–Crippen MR) is 112 cm³/mol. The zero-order valence-corrected chi connectivity index (χ0v) is 17.8. The first-order valence-electron chi connectivity index (χ1n) is 10.2. The molecule has 0 spiro atoms. The van der Waals surface area contributed by atoms with Gasteiger partial charge in [-0.1, -0.05) is 6.92 Å². The van der Waals surface area contributed by atoms with Crippen LogP contribution in [0.25, 0.3) is 0 Å². The summed E-state index contributed by atoms with van der Waals surface area (Å²) in [7, 11) is 4.94. The van der Waals surface area contributed by atoms with E-state index >= 15 is 0 Å². The van der Waals surface area contributed by atoms with Crippen molar-refractivity contribution in [2.24, 2.45) is 10.9 Å². The van der Waals surface area contributed by atoms with Gasteiger partial charge in [0.15, 0.2) is 17.5 Å². The molecular formula is C21H34N4O3. The maximum atomic E-state index is 5.48. The number of aliphatic imine (C=N–C) groups is 1. The van der Waals surface area contributed by atoms with Crippen molar-refractivity contribution >= 4 is 5.96 Å². The van der Waals surface area contributed by atoms with Gasteiger partial charge < -0.3 is 24.4 Å². The molecule has 1 aliphatic heterocycles. The van der Waals surface area contributed by atoms with Crippen molar-refractivity contribution in [1.82, 2.24) is 15.1 Å². The summed E-state index contributed by atoms with van der Waals surface area (Å²) in [6, 6.07) is 4.67. The maximum Gasteiger partial charge on any atom is 0.203 e. The number of methoxy groups -OCH3 is 3. The van der Waals surface area contributed by atoms with E-state index in [0.29, 0.717) is 23.3 Å². The second kappa shape index (κ2) is 9.37. The lowest BCUT2D eigenvalue weighted by Crippen LogP contribution is -2.52. The minimum atomic E-state index is 0.600. The van der Waals surface area contributed by atoms with Crippen molar-refractivity contribution in [2.75, 3.05) is 54.1 Å². The van der Waals surface area contributed by atoms with Crippen molar-refractivity contribution < 1.29 is 14.2 Å². The fraction of sp³-hybridized carbons (Fsp3) is 0.667. The Balaban J connectivity index is 1.60. The van der Waals surface area contributed by atoms with Crippen LogP contribution in [0.3, 0.4) is 0 Å². The smallest absolute Gasteiger partial charge is 0.203 e. The van der Waals surface area contributed by atoms with Gasteiger partial charge in [0, 0.05) is 45.3 Å². The number of hydrogen-bond acceptors (Lipinski definition) is 5. The first-order chi connectivity index (χ1) is 13.6. The molecule has 1 aromatic rings. The topological polar surface area (TPSA) is 58.6 Å². The highest BCUT2D eigenvalue weighted by molar-refractivity contribution is 5.80. The molecule has 2 unspecified atom stereocenters. The first kappa shape index (κ1) is 20.6. The molecular weight excluding hydrogens is 356 g/mol. The number of hydrogen-bond donors (Lipinski definition) is 1. The Labute approximate surface area is 168 Å². The van der Waals surface area contributed by atoms with Gasteiger partial charge in [0.1, 0.15) is 0 Å². The van der Waals surface area contributed by atoms with Gasteiger partial charge in [-0.2, -0.15) is 0 Å². The molecule has 0 radical (unpaired) electrons. The lowest BCUT2D eigenvalue weighted by atomic mass is 10.1. The molecule has 7 nitrogen and oxygen atoms in total. The quantitative estimate of drug-likeness (QED) is 0.569. The van der Waals surface area contributed by atoms with Gasteiger partial charge in [0.2, 0.25) is 5.75 Å². The normalized spacial score (nSPS) is 22.8. The molecule has 1 aliphatic carbocycles. The van der Waals surface area contributed by atoms with Crippen molar-refractivity contribution in [2.45, 2.75) is 32.9 Å². The minimum absolute atomic E-state index is 0.600. The molecule has 1 aromatic carbocycles. The number of nitrogens with zero attached hydrogens (tertiary/aromatic N) is 3. The average Bonchev–Trinajstić information content (AvgIpc) is 3.41. The largest absolute Gasteiger partial charge is 0.493 e. The Kier molecular flexibility index (Phi) is 6.88. The van der Waals surface area contributed by atoms with Gasteiger partial charge in [-0.25, -0.2) is 0 Å². The van der Waals surface area contributed by atoms with Crippen molar-refractivity contribution in [3.05, 3.63) is 17.7 Å². The fourth-order valence-corrected chi connectivity index (χ4v) is 3.68. The molecule has 156 valence electrons. The van der Waals surface area contributed by atoms with Crippen LogP contribution in [0.5, 0.6) is 17.2 Å². The molecule has 0 aromatic heterocycles. The van der Waals surface area contributed by atoms with Gasteiger partial charge in [-0.15, -0.1) is 0 Å². The van der Waals surface area contributed by atoms with Gasteiger partial charge in [-0.3, -0.25) is 9.89 Å². The summed E-state index contributed by atoms with van der Waals surface area (Å²) in [5.74, 6) is 3.89. The van der Waals surface area contributed by atoms with Crippen LogP contribution >= 0.6 is 0 Å². The van der Waals surface area contributed by atoms with Crippen molar-refractivity contribution in [1.29, 1.82) is 0 Å². The maximum absolute atomic E-state index is 5.48. The SMILES string of the molecule is CCN=C(NC1CC1C)N1CCN(Cc2cc(OC)c(OC)c(OC)c2)CC1. The Hall–Kier alpha value is -2.15. The van der Waals surface area contributed by atoms with E-state index in [0.717, 1.165) is 56.7 Å². The van der Waals surface area contributed by atoms with Crippen molar-refractivity contribution in [3.63, 3.8) is 0 Å². The molecule has 28 heavy (non-hydrogen) atoms. The van der Waals surface area contributed by atoms with Gasteiger partial charge in [-0.05, 0) is 37.0 Å². The molecule has 3 rings (SSSR count). The van der Waals surface area contributed by atoms with Crippen LogP contribution in [0, 0.1) is 5.92 Å². The number of piperazine rings is 1. The molecule has 0 bridgehead atoms. The third-order valence-electron chi connectivity index (χ3n) is 5.53. The Morgan fingerprint density at radius 2 is 1.68 bits per heavy atom. The Morgan fingerprint density at radius 3 is 2.14 bits per heavy atom. The summed E-state index contributed by atoms with van der Waals surface area (Å²) in [5.41, 5.74) is 1.16. The van der Waals surface area contributed by atoms with Crippen molar-refractivity contribution in [3.8, 4) is 17.2 Å². The summed E-state index contributed by atoms with van der Waals surface area (Å²) >= 11 is 0. The molecule has 1 saturated heterocycles. The minimum Gasteiger partial charge on any atom is -0.493 e. The van der Waals surface area contributed by atoms with E-state index in [1.807, 2.05) is 12.1 Å². The third kappa shape index (κ3) is 4.82. The van der Waals surface area contributed by atoms with Crippen LogP contribution < -0.4 is 19.5 Å². The average molecular weight is 391 g/mol. The zero-order chi connectivity index (χ0) is 20.1. The van der Waals surface area contributed by atoms with Gasteiger partial charge in [0.25, 0.3) is 0 Å². The van der Waals surface area contributed by atoms with Crippen LogP contribution in [0.1, 0.15) is 25.8 Å². The van der Waals surface area contributed by atoms with E-state index in [9.17, 15) is 0 Å². The van der Waals surface area contributed by atoms with E-state index in [-0.39, 0.29) is 0 Å². The van der Waals surface area contributed by atoms with E-state index in [4.69, 9.17) is 19.2 Å². The van der Waals surface area contributed by atoms with Crippen LogP contribution in [0.4, 0.5) is 0 Å². The highest BCUT2D eigenvalue weighted by Gasteiger charge is 2.34.